The molecule has 0 aliphatic carbocycles. The molecule has 1 heterocycles. The van der Waals surface area contributed by atoms with Crippen LogP contribution in [-0.4, -0.2) is 35.6 Å². The van der Waals surface area contributed by atoms with Gasteiger partial charge in [-0.05, 0) is 49.5 Å². The van der Waals surface area contributed by atoms with Crippen LogP contribution in [0.1, 0.15) is 28.8 Å². The van der Waals surface area contributed by atoms with Gasteiger partial charge in [-0.3, -0.25) is 9.69 Å². The van der Waals surface area contributed by atoms with E-state index in [2.05, 4.69) is 4.90 Å². The first-order valence-corrected chi connectivity index (χ1v) is 6.89. The second-order valence-electron chi connectivity index (χ2n) is 5.07. The van der Waals surface area contributed by atoms with Crippen LogP contribution in [0.2, 0.25) is 5.02 Å². The van der Waals surface area contributed by atoms with Gasteiger partial charge < -0.3 is 10.8 Å². The van der Waals surface area contributed by atoms with Crippen LogP contribution in [0, 0.1) is 5.92 Å². The summed E-state index contributed by atoms with van der Waals surface area (Å²) < 4.78 is 0. The van der Waals surface area contributed by atoms with Crippen LogP contribution in [0.3, 0.4) is 0 Å². The molecule has 0 saturated carbocycles. The summed E-state index contributed by atoms with van der Waals surface area (Å²) in [6.07, 6.45) is 2.04. The fourth-order valence-corrected chi connectivity index (χ4v) is 2.64. The number of likely N-dealkylation sites (tertiary alicyclic amines) is 1. The molecule has 3 N–H and O–H groups in total. The molecule has 1 aliphatic rings. The number of amides is 1. The standard InChI is InChI=1S/C14H19ClN2O2/c15-13-7-11(14(16)19)1-2-12(13)8-17-5-3-10(9-18)4-6-17/h1-2,7,10,18H,3-6,8-9H2,(H2,16,19). The molecule has 19 heavy (non-hydrogen) atoms. The van der Waals surface area contributed by atoms with E-state index in [1.54, 1.807) is 12.1 Å². The van der Waals surface area contributed by atoms with Crippen LogP contribution < -0.4 is 5.73 Å². The zero-order valence-electron chi connectivity index (χ0n) is 10.8. The zero-order valence-corrected chi connectivity index (χ0v) is 11.6. The molecular formula is C14H19ClN2O2. The molecule has 0 aromatic heterocycles. The van der Waals surface area contributed by atoms with Gasteiger partial charge in [-0.2, -0.15) is 0 Å². The SMILES string of the molecule is NC(=O)c1ccc(CN2CCC(CO)CC2)c(Cl)c1. The third-order valence-electron chi connectivity index (χ3n) is 3.70. The maximum Gasteiger partial charge on any atom is 0.248 e. The van der Waals surface area contributed by atoms with Gasteiger partial charge in [0.1, 0.15) is 0 Å². The molecular weight excluding hydrogens is 264 g/mol. The summed E-state index contributed by atoms with van der Waals surface area (Å²) in [6, 6.07) is 5.20. The molecule has 0 radical (unpaired) electrons. The van der Waals surface area contributed by atoms with Gasteiger partial charge in [0.25, 0.3) is 0 Å². The van der Waals surface area contributed by atoms with Crippen LogP contribution in [0.25, 0.3) is 0 Å². The van der Waals surface area contributed by atoms with Crippen molar-refractivity contribution in [2.75, 3.05) is 19.7 Å². The molecule has 1 amide bonds. The quantitative estimate of drug-likeness (QED) is 0.882. The lowest BCUT2D eigenvalue weighted by Gasteiger charge is -2.31. The first-order chi connectivity index (χ1) is 9.10. The molecule has 5 heteroatoms. The lowest BCUT2D eigenvalue weighted by molar-refractivity contribution is 0.1000. The van der Waals surface area contributed by atoms with E-state index in [9.17, 15) is 4.79 Å². The van der Waals surface area contributed by atoms with Crippen molar-refractivity contribution in [1.29, 1.82) is 0 Å². The van der Waals surface area contributed by atoms with Gasteiger partial charge in [0, 0.05) is 23.7 Å². The second kappa shape index (κ2) is 6.37. The van der Waals surface area contributed by atoms with Gasteiger partial charge >= 0.3 is 0 Å². The number of aliphatic hydroxyl groups is 1. The number of halogens is 1. The van der Waals surface area contributed by atoms with Gasteiger partial charge in [0.15, 0.2) is 0 Å². The molecule has 4 nitrogen and oxygen atoms in total. The summed E-state index contributed by atoms with van der Waals surface area (Å²) in [7, 11) is 0. The Morgan fingerprint density at radius 1 is 1.42 bits per heavy atom. The molecule has 1 fully saturated rings. The van der Waals surface area contributed by atoms with E-state index in [0.29, 0.717) is 16.5 Å². The minimum atomic E-state index is -0.461. The van der Waals surface area contributed by atoms with Crippen molar-refractivity contribution in [3.8, 4) is 0 Å². The number of hydrogen-bond acceptors (Lipinski definition) is 3. The lowest BCUT2D eigenvalue weighted by Crippen LogP contribution is -2.34. The highest BCUT2D eigenvalue weighted by molar-refractivity contribution is 6.31. The smallest absolute Gasteiger partial charge is 0.248 e. The number of nitrogens with two attached hydrogens (primary N) is 1. The first kappa shape index (κ1) is 14.3. The summed E-state index contributed by atoms with van der Waals surface area (Å²) in [6.45, 7) is 3.00. The fourth-order valence-electron chi connectivity index (χ4n) is 2.40. The highest BCUT2D eigenvalue weighted by atomic mass is 35.5. The fraction of sp³-hybridized carbons (Fsp3) is 0.500. The Bertz CT molecular complexity index is 457. The normalized spacial score (nSPS) is 17.6. The van der Waals surface area contributed by atoms with E-state index in [4.69, 9.17) is 22.4 Å². The largest absolute Gasteiger partial charge is 0.396 e. The zero-order chi connectivity index (χ0) is 13.8. The number of primary amides is 1. The number of nitrogens with zero attached hydrogens (tertiary/aromatic N) is 1. The van der Waals surface area contributed by atoms with Crippen LogP contribution in [0.4, 0.5) is 0 Å². The summed E-state index contributed by atoms with van der Waals surface area (Å²) in [5.74, 6) is -0.0267. The van der Waals surface area contributed by atoms with E-state index >= 15 is 0 Å². The molecule has 0 unspecified atom stereocenters. The van der Waals surface area contributed by atoms with E-state index in [-0.39, 0.29) is 6.61 Å². The monoisotopic (exact) mass is 282 g/mol. The Kier molecular flexibility index (Phi) is 4.80. The Morgan fingerprint density at radius 2 is 2.11 bits per heavy atom. The Hall–Kier alpha value is -1.10. The van der Waals surface area contributed by atoms with Gasteiger partial charge in [0.05, 0.1) is 0 Å². The summed E-state index contributed by atoms with van der Waals surface area (Å²) >= 11 is 6.17. The van der Waals surface area contributed by atoms with Gasteiger partial charge in [0.2, 0.25) is 5.91 Å². The Balaban J connectivity index is 1.98. The highest BCUT2D eigenvalue weighted by Crippen LogP contribution is 2.23. The van der Waals surface area contributed by atoms with E-state index in [0.717, 1.165) is 38.0 Å². The van der Waals surface area contributed by atoms with Crippen molar-refractivity contribution in [1.82, 2.24) is 4.90 Å². The van der Waals surface area contributed by atoms with Crippen molar-refractivity contribution in [3.05, 3.63) is 34.3 Å². The van der Waals surface area contributed by atoms with Crippen LogP contribution in [0.5, 0.6) is 0 Å². The van der Waals surface area contributed by atoms with E-state index < -0.39 is 5.91 Å². The molecule has 0 atom stereocenters. The van der Waals surface area contributed by atoms with Gasteiger partial charge in [-0.15, -0.1) is 0 Å². The molecule has 0 bridgehead atoms. The van der Waals surface area contributed by atoms with Crippen molar-refractivity contribution in [3.63, 3.8) is 0 Å². The maximum atomic E-state index is 11.1. The highest BCUT2D eigenvalue weighted by Gasteiger charge is 2.19. The molecule has 0 spiro atoms. The predicted molar refractivity (Wildman–Crippen MR) is 75.1 cm³/mol. The van der Waals surface area contributed by atoms with Gasteiger partial charge in [-0.1, -0.05) is 17.7 Å². The van der Waals surface area contributed by atoms with Crippen molar-refractivity contribution < 1.29 is 9.90 Å². The number of rotatable bonds is 4. The average molecular weight is 283 g/mol. The number of piperidine rings is 1. The minimum absolute atomic E-state index is 0.280. The third-order valence-corrected chi connectivity index (χ3v) is 4.05. The first-order valence-electron chi connectivity index (χ1n) is 6.51. The second-order valence-corrected chi connectivity index (χ2v) is 5.48. The van der Waals surface area contributed by atoms with E-state index in [1.807, 2.05) is 6.07 Å². The van der Waals surface area contributed by atoms with Crippen LogP contribution >= 0.6 is 11.6 Å². The number of benzene rings is 1. The average Bonchev–Trinajstić information content (AvgIpc) is 2.41. The van der Waals surface area contributed by atoms with Crippen LogP contribution in [0.15, 0.2) is 18.2 Å². The van der Waals surface area contributed by atoms with Crippen LogP contribution in [-0.2, 0) is 6.54 Å². The molecule has 104 valence electrons. The number of hydrogen-bond donors (Lipinski definition) is 2. The minimum Gasteiger partial charge on any atom is -0.396 e. The molecule has 2 rings (SSSR count). The number of aliphatic hydroxyl groups excluding tert-OH is 1. The topological polar surface area (TPSA) is 66.6 Å². The molecule has 1 aromatic carbocycles. The number of carbonyl (C=O) groups is 1. The molecule has 1 aliphatic heterocycles. The van der Waals surface area contributed by atoms with E-state index in [1.165, 1.54) is 0 Å². The molecule has 1 aromatic rings. The van der Waals surface area contributed by atoms with Gasteiger partial charge in [-0.25, -0.2) is 0 Å². The Labute approximate surface area is 118 Å². The van der Waals surface area contributed by atoms with Crippen molar-refractivity contribution in [2.24, 2.45) is 11.7 Å². The number of carbonyl (C=O) groups excluding carboxylic acids is 1. The summed E-state index contributed by atoms with van der Waals surface area (Å²) in [4.78, 5) is 13.4. The summed E-state index contributed by atoms with van der Waals surface area (Å²) in [5, 5.41) is 9.69. The Morgan fingerprint density at radius 3 is 2.63 bits per heavy atom. The third kappa shape index (κ3) is 3.69. The summed E-state index contributed by atoms with van der Waals surface area (Å²) in [5.41, 5.74) is 6.66. The van der Waals surface area contributed by atoms with Crippen molar-refractivity contribution >= 4 is 17.5 Å². The van der Waals surface area contributed by atoms with Crippen molar-refractivity contribution in [2.45, 2.75) is 19.4 Å². The predicted octanol–water partition coefficient (Wildman–Crippen LogP) is 1.64. The lowest BCUT2D eigenvalue weighted by atomic mass is 9.97. The molecule has 1 saturated heterocycles. The maximum absolute atomic E-state index is 11.1.